The number of amides is 1. The summed E-state index contributed by atoms with van der Waals surface area (Å²) < 4.78 is 16.4. The molecule has 25 heavy (non-hydrogen) atoms. The van der Waals surface area contributed by atoms with Crippen molar-refractivity contribution >= 4 is 41.2 Å². The van der Waals surface area contributed by atoms with Crippen LogP contribution in [0.3, 0.4) is 0 Å². The molecular formula is C15H22ClNO7S. The van der Waals surface area contributed by atoms with Gasteiger partial charge in [0.25, 0.3) is 0 Å². The Bertz CT molecular complexity index is 548. The maximum absolute atomic E-state index is 11.6. The number of aliphatic hydroxyl groups is 1. The SMILES string of the molecule is CC(=O)NC1C(SCC(O)CCl)OC2(COC(C)=O)C(OC(C)=O)C12. The van der Waals surface area contributed by atoms with E-state index in [2.05, 4.69) is 5.32 Å². The third kappa shape index (κ3) is 4.58. The minimum absolute atomic E-state index is 0.0733. The Labute approximate surface area is 154 Å². The number of aliphatic hydroxyl groups excluding tert-OH is 1. The Kier molecular flexibility index (Phi) is 6.58. The van der Waals surface area contributed by atoms with Gasteiger partial charge in [-0.2, -0.15) is 0 Å². The maximum Gasteiger partial charge on any atom is 0.303 e. The lowest BCUT2D eigenvalue weighted by molar-refractivity contribution is -0.153. The standard InChI is InChI=1S/C15H22ClNO7S/c1-7(18)17-12-11-13(23-9(3)20)15(11,6-22-8(2)19)24-14(12)25-5-10(21)4-16/h10-14,21H,4-6H2,1-3H3,(H,17,18). The number of thioether (sulfide) groups is 1. The summed E-state index contributed by atoms with van der Waals surface area (Å²) in [5, 5.41) is 12.4. The van der Waals surface area contributed by atoms with Gasteiger partial charge in [0.15, 0.2) is 0 Å². The molecule has 2 aliphatic rings. The summed E-state index contributed by atoms with van der Waals surface area (Å²) in [7, 11) is 0. The highest BCUT2D eigenvalue weighted by molar-refractivity contribution is 7.99. The summed E-state index contributed by atoms with van der Waals surface area (Å²) in [5.41, 5.74) is -1.46. The summed E-state index contributed by atoms with van der Waals surface area (Å²) in [6, 6.07) is -0.440. The fraction of sp³-hybridized carbons (Fsp3) is 0.800. The fourth-order valence-electron chi connectivity index (χ4n) is 3.07. The van der Waals surface area contributed by atoms with Gasteiger partial charge < -0.3 is 24.6 Å². The molecule has 0 aromatic carbocycles. The summed E-state index contributed by atoms with van der Waals surface area (Å²) in [6.45, 7) is 3.86. The average Bonchev–Trinajstić information content (AvgIpc) is 2.98. The second kappa shape index (κ2) is 8.11. The van der Waals surface area contributed by atoms with Crippen LogP contribution in [0.2, 0.25) is 0 Å². The van der Waals surface area contributed by atoms with E-state index in [1.54, 1.807) is 0 Å². The van der Waals surface area contributed by atoms with E-state index in [1.165, 1.54) is 32.5 Å². The van der Waals surface area contributed by atoms with Crippen LogP contribution in [0.5, 0.6) is 0 Å². The highest BCUT2D eigenvalue weighted by Gasteiger charge is 2.78. The van der Waals surface area contributed by atoms with E-state index in [-0.39, 0.29) is 24.3 Å². The predicted octanol–water partition coefficient (Wildman–Crippen LogP) is 0.0437. The zero-order valence-corrected chi connectivity index (χ0v) is 15.8. The Hall–Kier alpha value is -1.03. The Morgan fingerprint density at radius 1 is 1.32 bits per heavy atom. The third-order valence-electron chi connectivity index (χ3n) is 4.07. The first-order chi connectivity index (χ1) is 11.7. The molecule has 6 unspecified atom stereocenters. The molecule has 0 radical (unpaired) electrons. The molecule has 0 aromatic heterocycles. The van der Waals surface area contributed by atoms with Gasteiger partial charge in [-0.05, 0) is 0 Å². The van der Waals surface area contributed by atoms with Crippen molar-refractivity contribution in [2.75, 3.05) is 18.2 Å². The molecule has 1 heterocycles. The van der Waals surface area contributed by atoms with E-state index in [0.29, 0.717) is 5.75 Å². The molecule has 0 spiro atoms. The van der Waals surface area contributed by atoms with Gasteiger partial charge in [0.1, 0.15) is 23.7 Å². The minimum atomic E-state index is -0.978. The summed E-state index contributed by atoms with van der Waals surface area (Å²) in [5.74, 6) is -1.14. The van der Waals surface area contributed by atoms with E-state index in [1.807, 2.05) is 0 Å². The van der Waals surface area contributed by atoms with Crippen LogP contribution >= 0.6 is 23.4 Å². The number of alkyl halides is 1. The Morgan fingerprint density at radius 2 is 2.00 bits per heavy atom. The summed E-state index contributed by atoms with van der Waals surface area (Å²) in [4.78, 5) is 34.1. The molecule has 1 aliphatic heterocycles. The Balaban J connectivity index is 2.14. The summed E-state index contributed by atoms with van der Waals surface area (Å²) >= 11 is 6.90. The van der Waals surface area contributed by atoms with Gasteiger partial charge in [-0.1, -0.05) is 0 Å². The molecule has 1 saturated carbocycles. The first kappa shape index (κ1) is 20.3. The maximum atomic E-state index is 11.6. The normalized spacial score (nSPS) is 34.0. The van der Waals surface area contributed by atoms with Crippen molar-refractivity contribution in [3.8, 4) is 0 Å². The molecule has 1 saturated heterocycles. The monoisotopic (exact) mass is 395 g/mol. The molecule has 10 heteroatoms. The fourth-order valence-corrected chi connectivity index (χ4v) is 4.53. The molecule has 2 rings (SSSR count). The van der Waals surface area contributed by atoms with Crippen LogP contribution in [0.4, 0.5) is 0 Å². The van der Waals surface area contributed by atoms with Crippen LogP contribution in [0.15, 0.2) is 0 Å². The van der Waals surface area contributed by atoms with Crippen LogP contribution in [0.25, 0.3) is 0 Å². The highest BCUT2D eigenvalue weighted by atomic mass is 35.5. The van der Waals surface area contributed by atoms with Crippen molar-refractivity contribution < 1.29 is 33.7 Å². The number of halogens is 1. The van der Waals surface area contributed by atoms with Crippen LogP contribution < -0.4 is 5.32 Å². The second-order valence-corrected chi connectivity index (χ2v) is 7.58. The van der Waals surface area contributed by atoms with Crippen molar-refractivity contribution in [1.29, 1.82) is 0 Å². The zero-order chi connectivity index (χ0) is 18.8. The van der Waals surface area contributed by atoms with Gasteiger partial charge in [0.2, 0.25) is 5.91 Å². The first-order valence-corrected chi connectivity index (χ1v) is 9.40. The molecule has 1 aliphatic carbocycles. The van der Waals surface area contributed by atoms with Gasteiger partial charge in [-0.15, -0.1) is 23.4 Å². The molecule has 8 nitrogen and oxygen atoms in total. The number of rotatable bonds is 8. The van der Waals surface area contributed by atoms with Gasteiger partial charge in [-0.25, -0.2) is 0 Å². The number of esters is 2. The van der Waals surface area contributed by atoms with Crippen molar-refractivity contribution in [3.05, 3.63) is 0 Å². The topological polar surface area (TPSA) is 111 Å². The van der Waals surface area contributed by atoms with Crippen molar-refractivity contribution in [1.82, 2.24) is 5.32 Å². The van der Waals surface area contributed by atoms with Gasteiger partial charge in [-0.3, -0.25) is 14.4 Å². The van der Waals surface area contributed by atoms with Crippen molar-refractivity contribution in [2.24, 2.45) is 5.92 Å². The lowest BCUT2D eigenvalue weighted by Crippen LogP contribution is -2.43. The first-order valence-electron chi connectivity index (χ1n) is 7.82. The minimum Gasteiger partial charge on any atom is -0.463 e. The van der Waals surface area contributed by atoms with E-state index in [4.69, 9.17) is 25.8 Å². The number of ether oxygens (including phenoxy) is 3. The van der Waals surface area contributed by atoms with Gasteiger partial charge in [0.05, 0.1) is 18.1 Å². The second-order valence-electron chi connectivity index (χ2n) is 6.15. The highest BCUT2D eigenvalue weighted by Crippen LogP contribution is 2.60. The number of hydrogen-bond acceptors (Lipinski definition) is 8. The number of carbonyl (C=O) groups is 3. The Morgan fingerprint density at radius 3 is 2.52 bits per heavy atom. The van der Waals surface area contributed by atoms with Crippen LogP contribution in [0.1, 0.15) is 20.8 Å². The molecule has 1 amide bonds. The predicted molar refractivity (Wildman–Crippen MR) is 90.1 cm³/mol. The average molecular weight is 396 g/mol. The van der Waals surface area contributed by atoms with Crippen LogP contribution in [0, 0.1) is 5.92 Å². The molecule has 0 bridgehead atoms. The number of carbonyl (C=O) groups excluding carboxylic acids is 3. The van der Waals surface area contributed by atoms with Gasteiger partial charge in [0, 0.05) is 32.4 Å². The quantitative estimate of drug-likeness (QED) is 0.438. The number of fused-ring (bicyclic) bond motifs is 1. The molecule has 2 N–H and O–H groups in total. The van der Waals surface area contributed by atoms with Crippen LogP contribution in [-0.4, -0.2) is 70.5 Å². The smallest absolute Gasteiger partial charge is 0.303 e. The molecule has 142 valence electrons. The molecule has 0 aromatic rings. The summed E-state index contributed by atoms with van der Waals surface area (Å²) in [6.07, 6.45) is -1.31. The van der Waals surface area contributed by atoms with Crippen molar-refractivity contribution in [3.63, 3.8) is 0 Å². The lowest BCUT2D eigenvalue weighted by Gasteiger charge is -2.26. The molecule has 6 atom stereocenters. The molecule has 2 fully saturated rings. The zero-order valence-electron chi connectivity index (χ0n) is 14.2. The van der Waals surface area contributed by atoms with E-state index < -0.39 is 41.2 Å². The van der Waals surface area contributed by atoms with Gasteiger partial charge >= 0.3 is 11.9 Å². The number of hydrogen-bond donors (Lipinski definition) is 2. The van der Waals surface area contributed by atoms with Crippen LogP contribution in [-0.2, 0) is 28.6 Å². The molecular weight excluding hydrogens is 374 g/mol. The number of nitrogens with one attached hydrogen (secondary N) is 1. The van der Waals surface area contributed by atoms with Crippen molar-refractivity contribution in [2.45, 2.75) is 50.1 Å². The van der Waals surface area contributed by atoms with E-state index in [9.17, 15) is 19.5 Å². The van der Waals surface area contributed by atoms with E-state index >= 15 is 0 Å². The van der Waals surface area contributed by atoms with E-state index in [0.717, 1.165) is 0 Å². The lowest BCUT2D eigenvalue weighted by atomic mass is 10.2. The largest absolute Gasteiger partial charge is 0.463 e. The third-order valence-corrected chi connectivity index (χ3v) is 5.72.